The molecule has 0 atom stereocenters. The molecule has 0 amide bonds. The van der Waals surface area contributed by atoms with Crippen LogP contribution >= 0.6 is 22.9 Å². The van der Waals surface area contributed by atoms with E-state index in [1.807, 2.05) is 54.6 Å². The summed E-state index contributed by atoms with van der Waals surface area (Å²) in [6.45, 7) is 0. The summed E-state index contributed by atoms with van der Waals surface area (Å²) in [5.41, 5.74) is 1.77. The van der Waals surface area contributed by atoms with Gasteiger partial charge in [0.05, 0.1) is 0 Å². The van der Waals surface area contributed by atoms with Crippen LogP contribution in [0, 0.1) is 0 Å². The number of pyridine rings is 1. The molecular formula is C16H10ClN5S. The van der Waals surface area contributed by atoms with Crippen LogP contribution in [-0.4, -0.2) is 24.8 Å². The average molecular weight is 340 g/mol. The van der Waals surface area contributed by atoms with E-state index >= 15 is 0 Å². The third-order valence-corrected chi connectivity index (χ3v) is 4.27. The van der Waals surface area contributed by atoms with Crippen LogP contribution in [0.25, 0.3) is 28.6 Å². The predicted octanol–water partition coefficient (Wildman–Crippen LogP) is 4.07. The van der Waals surface area contributed by atoms with E-state index in [0.717, 1.165) is 21.2 Å². The summed E-state index contributed by atoms with van der Waals surface area (Å²) >= 11 is 7.45. The molecule has 23 heavy (non-hydrogen) atoms. The maximum absolute atomic E-state index is 5.99. The summed E-state index contributed by atoms with van der Waals surface area (Å²) in [7, 11) is 0. The largest absolute Gasteiger partial charge is 0.253 e. The number of hydrogen-bond acceptors (Lipinski definition) is 5. The van der Waals surface area contributed by atoms with Crippen molar-refractivity contribution in [1.29, 1.82) is 0 Å². The van der Waals surface area contributed by atoms with Gasteiger partial charge in [-0.25, -0.2) is 0 Å². The minimum absolute atomic E-state index is 0.638. The molecule has 4 rings (SSSR count). The van der Waals surface area contributed by atoms with Crippen molar-refractivity contribution in [2.45, 2.75) is 0 Å². The summed E-state index contributed by atoms with van der Waals surface area (Å²) in [4.78, 5) is 5.03. The van der Waals surface area contributed by atoms with E-state index in [2.05, 4.69) is 20.3 Å². The van der Waals surface area contributed by atoms with Crippen LogP contribution in [0.5, 0.6) is 0 Å². The number of hydrogen-bond donors (Lipinski definition) is 0. The van der Waals surface area contributed by atoms with Gasteiger partial charge >= 0.3 is 0 Å². The summed E-state index contributed by atoms with van der Waals surface area (Å²) in [5.74, 6) is 0.638. The fourth-order valence-corrected chi connectivity index (χ4v) is 3.07. The third-order valence-electron chi connectivity index (χ3n) is 3.17. The van der Waals surface area contributed by atoms with Crippen LogP contribution in [0.15, 0.2) is 48.7 Å². The molecule has 0 N–H and O–H groups in total. The van der Waals surface area contributed by atoms with Crippen molar-refractivity contribution < 1.29 is 0 Å². The first-order valence-corrected chi connectivity index (χ1v) is 8.06. The molecule has 112 valence electrons. The quantitative estimate of drug-likeness (QED) is 0.564. The lowest BCUT2D eigenvalue weighted by Gasteiger charge is -1.94. The normalized spacial score (nSPS) is 11.5. The predicted molar refractivity (Wildman–Crippen MR) is 92.3 cm³/mol. The zero-order valence-corrected chi connectivity index (χ0v) is 13.4. The maximum atomic E-state index is 5.99. The molecule has 5 nitrogen and oxygen atoms in total. The molecular weight excluding hydrogens is 330 g/mol. The molecule has 0 saturated heterocycles. The molecule has 0 aliphatic rings. The van der Waals surface area contributed by atoms with Gasteiger partial charge in [-0.15, -0.1) is 10.2 Å². The van der Waals surface area contributed by atoms with Gasteiger partial charge in [-0.3, -0.25) is 4.98 Å². The smallest absolute Gasteiger partial charge is 0.235 e. The lowest BCUT2D eigenvalue weighted by Crippen LogP contribution is -1.92. The first-order valence-electron chi connectivity index (χ1n) is 6.87. The van der Waals surface area contributed by atoms with Gasteiger partial charge in [0.1, 0.15) is 10.7 Å². The Kier molecular flexibility index (Phi) is 3.61. The Labute approximate surface area is 140 Å². The zero-order chi connectivity index (χ0) is 15.6. The molecule has 0 unspecified atom stereocenters. The minimum Gasteiger partial charge on any atom is -0.253 e. The van der Waals surface area contributed by atoms with Gasteiger partial charge in [-0.2, -0.15) is 9.61 Å². The van der Waals surface area contributed by atoms with E-state index in [4.69, 9.17) is 11.6 Å². The number of aromatic nitrogens is 5. The Hall–Kier alpha value is -2.57. The molecule has 3 aromatic heterocycles. The standard InChI is InChI=1S/C16H10ClN5S/c17-12-5-3-4-11(10-12)7-8-14-21-22-15(19-20-16(22)23-14)13-6-1-2-9-18-13/h1-10H/b8-7+. The molecule has 0 saturated carbocycles. The van der Waals surface area contributed by atoms with Crippen LogP contribution in [0.4, 0.5) is 0 Å². The SMILES string of the molecule is Clc1cccc(/C=C/c2nn3c(-c4ccccn4)nnc3s2)c1. The van der Waals surface area contributed by atoms with Crippen molar-refractivity contribution in [3.8, 4) is 11.5 Å². The van der Waals surface area contributed by atoms with E-state index < -0.39 is 0 Å². The van der Waals surface area contributed by atoms with Crippen molar-refractivity contribution in [2.24, 2.45) is 0 Å². The monoisotopic (exact) mass is 339 g/mol. The van der Waals surface area contributed by atoms with Crippen LogP contribution in [-0.2, 0) is 0 Å². The second-order valence-electron chi connectivity index (χ2n) is 4.76. The second-order valence-corrected chi connectivity index (χ2v) is 6.19. The van der Waals surface area contributed by atoms with Crippen molar-refractivity contribution in [2.75, 3.05) is 0 Å². The van der Waals surface area contributed by atoms with Gasteiger partial charge in [0, 0.05) is 11.2 Å². The minimum atomic E-state index is 0.638. The van der Waals surface area contributed by atoms with Crippen LogP contribution < -0.4 is 0 Å². The molecule has 0 aliphatic heterocycles. The second kappa shape index (κ2) is 5.91. The highest BCUT2D eigenvalue weighted by Gasteiger charge is 2.12. The summed E-state index contributed by atoms with van der Waals surface area (Å²) in [5, 5.41) is 14.4. The summed E-state index contributed by atoms with van der Waals surface area (Å²) in [6.07, 6.45) is 5.63. The number of halogens is 1. The van der Waals surface area contributed by atoms with E-state index in [9.17, 15) is 0 Å². The van der Waals surface area contributed by atoms with Crippen molar-refractivity contribution >= 4 is 40.1 Å². The molecule has 0 aliphatic carbocycles. The van der Waals surface area contributed by atoms with E-state index in [0.29, 0.717) is 10.8 Å². The van der Waals surface area contributed by atoms with E-state index in [1.165, 1.54) is 11.3 Å². The third kappa shape index (κ3) is 2.86. The first-order chi connectivity index (χ1) is 11.3. The van der Waals surface area contributed by atoms with Gasteiger partial charge in [-0.05, 0) is 35.9 Å². The van der Waals surface area contributed by atoms with Gasteiger partial charge in [0.15, 0.2) is 0 Å². The van der Waals surface area contributed by atoms with Crippen LogP contribution in [0.3, 0.4) is 0 Å². The Morgan fingerprint density at radius 1 is 1.04 bits per heavy atom. The van der Waals surface area contributed by atoms with Crippen molar-refractivity contribution in [3.05, 3.63) is 64.3 Å². The molecule has 0 fully saturated rings. The van der Waals surface area contributed by atoms with E-state index in [-0.39, 0.29) is 0 Å². The number of benzene rings is 1. The molecule has 3 heterocycles. The molecule has 0 bridgehead atoms. The highest BCUT2D eigenvalue weighted by molar-refractivity contribution is 7.17. The Balaban J connectivity index is 1.69. The van der Waals surface area contributed by atoms with Crippen LogP contribution in [0.2, 0.25) is 5.02 Å². The van der Waals surface area contributed by atoms with Crippen LogP contribution in [0.1, 0.15) is 10.6 Å². The number of fused-ring (bicyclic) bond motifs is 1. The molecule has 7 heteroatoms. The van der Waals surface area contributed by atoms with Gasteiger partial charge in [0.2, 0.25) is 10.8 Å². The molecule has 4 aromatic rings. The summed E-state index contributed by atoms with van der Waals surface area (Å²) in [6, 6.07) is 13.3. The lowest BCUT2D eigenvalue weighted by atomic mass is 10.2. The van der Waals surface area contributed by atoms with Gasteiger partial charge < -0.3 is 0 Å². The molecule has 1 aromatic carbocycles. The highest BCUT2D eigenvalue weighted by atomic mass is 35.5. The van der Waals surface area contributed by atoms with Gasteiger partial charge in [0.25, 0.3) is 0 Å². The topological polar surface area (TPSA) is 56.0 Å². The van der Waals surface area contributed by atoms with Crippen molar-refractivity contribution in [3.63, 3.8) is 0 Å². The first kappa shape index (κ1) is 14.0. The highest BCUT2D eigenvalue weighted by Crippen LogP contribution is 2.21. The number of rotatable bonds is 3. The summed E-state index contributed by atoms with van der Waals surface area (Å²) < 4.78 is 1.71. The fourth-order valence-electron chi connectivity index (χ4n) is 2.13. The Morgan fingerprint density at radius 3 is 2.83 bits per heavy atom. The Bertz CT molecular complexity index is 990. The molecule has 0 radical (unpaired) electrons. The van der Waals surface area contributed by atoms with Crippen molar-refractivity contribution in [1.82, 2.24) is 24.8 Å². The average Bonchev–Trinajstić information content (AvgIpc) is 3.14. The fraction of sp³-hybridized carbons (Fsp3) is 0. The Morgan fingerprint density at radius 2 is 2.00 bits per heavy atom. The molecule has 0 spiro atoms. The number of nitrogens with zero attached hydrogens (tertiary/aromatic N) is 5. The van der Waals surface area contributed by atoms with E-state index in [1.54, 1.807) is 10.7 Å². The maximum Gasteiger partial charge on any atom is 0.235 e. The van der Waals surface area contributed by atoms with Gasteiger partial charge in [-0.1, -0.05) is 47.2 Å². The zero-order valence-electron chi connectivity index (χ0n) is 11.8. The lowest BCUT2D eigenvalue weighted by molar-refractivity contribution is 0.951.